The van der Waals surface area contributed by atoms with Gasteiger partial charge in [-0.05, 0) is 49.6 Å². The molecule has 154 valence electrons. The molecule has 1 fully saturated rings. The van der Waals surface area contributed by atoms with Gasteiger partial charge in [0.25, 0.3) is 5.91 Å². The van der Waals surface area contributed by atoms with E-state index in [1.54, 1.807) is 24.6 Å². The maximum Gasteiger partial charge on any atom is 0.256 e. The SMILES string of the molecule is Cc1ccccc1-c1ncccc1C(=O)N1CCC(C(=O)NCc2ccco2)CC1. The highest BCUT2D eigenvalue weighted by molar-refractivity contribution is 6.00. The van der Waals surface area contributed by atoms with Gasteiger partial charge in [-0.15, -0.1) is 0 Å². The second kappa shape index (κ2) is 8.95. The smallest absolute Gasteiger partial charge is 0.256 e. The van der Waals surface area contributed by atoms with Gasteiger partial charge in [0.2, 0.25) is 5.91 Å². The van der Waals surface area contributed by atoms with Crippen molar-refractivity contribution in [2.24, 2.45) is 5.92 Å². The maximum absolute atomic E-state index is 13.2. The molecule has 30 heavy (non-hydrogen) atoms. The summed E-state index contributed by atoms with van der Waals surface area (Å²) in [6.45, 7) is 3.52. The van der Waals surface area contributed by atoms with Gasteiger partial charge in [0, 0.05) is 30.8 Å². The molecule has 1 aliphatic rings. The number of hydrogen-bond donors (Lipinski definition) is 1. The van der Waals surface area contributed by atoms with Gasteiger partial charge in [0.15, 0.2) is 0 Å². The second-order valence-electron chi connectivity index (χ2n) is 7.58. The number of aryl methyl sites for hydroxylation is 1. The molecule has 6 heteroatoms. The molecule has 4 rings (SSSR count). The molecule has 1 aliphatic heterocycles. The summed E-state index contributed by atoms with van der Waals surface area (Å²) >= 11 is 0. The molecule has 3 heterocycles. The van der Waals surface area contributed by atoms with Gasteiger partial charge in [-0.2, -0.15) is 0 Å². The van der Waals surface area contributed by atoms with Crippen molar-refractivity contribution in [2.75, 3.05) is 13.1 Å². The van der Waals surface area contributed by atoms with Crippen LogP contribution in [0, 0.1) is 12.8 Å². The standard InChI is InChI=1S/C24H25N3O3/c1-17-6-2-3-8-20(17)22-21(9-4-12-25-22)24(29)27-13-10-18(11-14-27)23(28)26-16-19-7-5-15-30-19/h2-9,12,15,18H,10-11,13-14,16H2,1H3,(H,26,28). The van der Waals surface area contributed by atoms with Gasteiger partial charge >= 0.3 is 0 Å². The Balaban J connectivity index is 1.40. The number of carbonyl (C=O) groups is 2. The number of piperidine rings is 1. The van der Waals surface area contributed by atoms with Crippen LogP contribution in [0.5, 0.6) is 0 Å². The molecule has 2 aromatic heterocycles. The van der Waals surface area contributed by atoms with E-state index in [4.69, 9.17) is 4.42 Å². The molecule has 0 saturated carbocycles. The first-order valence-electron chi connectivity index (χ1n) is 10.2. The Kier molecular flexibility index (Phi) is 5.93. The number of furan rings is 1. The lowest BCUT2D eigenvalue weighted by atomic mass is 9.94. The van der Waals surface area contributed by atoms with Crippen molar-refractivity contribution >= 4 is 11.8 Å². The highest BCUT2D eigenvalue weighted by Gasteiger charge is 2.29. The minimum absolute atomic E-state index is 0.0143. The molecule has 0 atom stereocenters. The van der Waals surface area contributed by atoms with E-state index < -0.39 is 0 Å². The maximum atomic E-state index is 13.2. The van der Waals surface area contributed by atoms with Crippen molar-refractivity contribution in [3.63, 3.8) is 0 Å². The van der Waals surface area contributed by atoms with Crippen molar-refractivity contribution in [3.05, 3.63) is 77.9 Å². The van der Waals surface area contributed by atoms with E-state index in [0.29, 0.717) is 43.7 Å². The van der Waals surface area contributed by atoms with E-state index in [-0.39, 0.29) is 17.7 Å². The third-order valence-corrected chi connectivity index (χ3v) is 5.61. The zero-order chi connectivity index (χ0) is 20.9. The number of aromatic nitrogens is 1. The van der Waals surface area contributed by atoms with Gasteiger partial charge in [-0.3, -0.25) is 14.6 Å². The fraction of sp³-hybridized carbons (Fsp3) is 0.292. The second-order valence-corrected chi connectivity index (χ2v) is 7.58. The summed E-state index contributed by atoms with van der Waals surface area (Å²) in [5.74, 6) is 0.626. The number of rotatable bonds is 5. The van der Waals surface area contributed by atoms with Crippen LogP contribution in [0.25, 0.3) is 11.3 Å². The molecule has 0 radical (unpaired) electrons. The fourth-order valence-electron chi connectivity index (χ4n) is 3.88. The summed E-state index contributed by atoms with van der Waals surface area (Å²) in [6, 6.07) is 15.2. The molecule has 1 saturated heterocycles. The predicted octanol–water partition coefficient (Wildman–Crippen LogP) is 3.82. The molecule has 3 aromatic rings. The minimum Gasteiger partial charge on any atom is -0.467 e. The van der Waals surface area contributed by atoms with Gasteiger partial charge in [0.1, 0.15) is 5.76 Å². The molecule has 0 aliphatic carbocycles. The van der Waals surface area contributed by atoms with Crippen molar-refractivity contribution in [2.45, 2.75) is 26.3 Å². The van der Waals surface area contributed by atoms with Crippen LogP contribution in [-0.2, 0) is 11.3 Å². The first kappa shape index (κ1) is 19.9. The number of nitrogens with zero attached hydrogens (tertiary/aromatic N) is 2. The number of carbonyl (C=O) groups excluding carboxylic acids is 2. The lowest BCUT2D eigenvalue weighted by molar-refractivity contribution is -0.126. The van der Waals surface area contributed by atoms with E-state index in [0.717, 1.165) is 16.9 Å². The predicted molar refractivity (Wildman–Crippen MR) is 114 cm³/mol. The fourth-order valence-corrected chi connectivity index (χ4v) is 3.88. The zero-order valence-corrected chi connectivity index (χ0v) is 17.0. The minimum atomic E-state index is -0.0891. The lowest BCUT2D eigenvalue weighted by Crippen LogP contribution is -2.43. The topological polar surface area (TPSA) is 75.4 Å². The van der Waals surface area contributed by atoms with E-state index in [1.165, 1.54) is 0 Å². The summed E-state index contributed by atoms with van der Waals surface area (Å²) in [4.78, 5) is 32.0. The Bertz CT molecular complexity index is 1020. The summed E-state index contributed by atoms with van der Waals surface area (Å²) in [7, 11) is 0. The summed E-state index contributed by atoms with van der Waals surface area (Å²) < 4.78 is 5.25. The Hall–Kier alpha value is -3.41. The average Bonchev–Trinajstić information content (AvgIpc) is 3.31. The molecular formula is C24H25N3O3. The third-order valence-electron chi connectivity index (χ3n) is 5.61. The summed E-state index contributed by atoms with van der Waals surface area (Å²) in [5.41, 5.74) is 3.36. The Morgan fingerprint density at radius 2 is 1.90 bits per heavy atom. The molecule has 0 bridgehead atoms. The van der Waals surface area contributed by atoms with Crippen LogP contribution in [0.1, 0.15) is 34.5 Å². The Morgan fingerprint density at radius 1 is 1.10 bits per heavy atom. The molecular weight excluding hydrogens is 378 g/mol. The molecule has 1 N–H and O–H groups in total. The number of amides is 2. The van der Waals surface area contributed by atoms with Crippen LogP contribution in [0.2, 0.25) is 0 Å². The normalized spacial score (nSPS) is 14.5. The Morgan fingerprint density at radius 3 is 2.63 bits per heavy atom. The zero-order valence-electron chi connectivity index (χ0n) is 17.0. The van der Waals surface area contributed by atoms with Crippen molar-refractivity contribution in [1.29, 1.82) is 0 Å². The molecule has 6 nitrogen and oxygen atoms in total. The molecule has 1 aromatic carbocycles. The van der Waals surface area contributed by atoms with E-state index in [1.807, 2.05) is 48.2 Å². The number of pyridine rings is 1. The van der Waals surface area contributed by atoms with Crippen LogP contribution >= 0.6 is 0 Å². The first-order valence-corrected chi connectivity index (χ1v) is 10.2. The summed E-state index contributed by atoms with van der Waals surface area (Å²) in [5, 5.41) is 2.92. The number of benzene rings is 1. The number of nitrogens with one attached hydrogen (secondary N) is 1. The van der Waals surface area contributed by atoms with E-state index in [9.17, 15) is 9.59 Å². The number of hydrogen-bond acceptors (Lipinski definition) is 4. The highest BCUT2D eigenvalue weighted by atomic mass is 16.3. The van der Waals surface area contributed by atoms with Crippen molar-refractivity contribution in [1.82, 2.24) is 15.2 Å². The number of likely N-dealkylation sites (tertiary alicyclic amines) is 1. The van der Waals surface area contributed by atoms with E-state index >= 15 is 0 Å². The molecule has 0 spiro atoms. The summed E-state index contributed by atoms with van der Waals surface area (Å²) in [6.07, 6.45) is 4.61. The first-order chi connectivity index (χ1) is 14.6. The average molecular weight is 403 g/mol. The molecule has 0 unspecified atom stereocenters. The largest absolute Gasteiger partial charge is 0.467 e. The molecule has 2 amide bonds. The lowest BCUT2D eigenvalue weighted by Gasteiger charge is -2.31. The van der Waals surface area contributed by atoms with Gasteiger partial charge in [-0.1, -0.05) is 24.3 Å². The van der Waals surface area contributed by atoms with Crippen LogP contribution in [0.15, 0.2) is 65.4 Å². The van der Waals surface area contributed by atoms with Crippen LogP contribution in [-0.4, -0.2) is 34.8 Å². The highest BCUT2D eigenvalue weighted by Crippen LogP contribution is 2.27. The van der Waals surface area contributed by atoms with Crippen LogP contribution < -0.4 is 5.32 Å². The van der Waals surface area contributed by atoms with Gasteiger partial charge in [-0.25, -0.2) is 0 Å². The van der Waals surface area contributed by atoms with Gasteiger partial charge < -0.3 is 14.6 Å². The third kappa shape index (κ3) is 4.27. The monoisotopic (exact) mass is 403 g/mol. The van der Waals surface area contributed by atoms with Crippen molar-refractivity contribution < 1.29 is 14.0 Å². The Labute approximate surface area is 175 Å². The van der Waals surface area contributed by atoms with Crippen LogP contribution in [0.3, 0.4) is 0 Å². The van der Waals surface area contributed by atoms with Gasteiger partial charge in [0.05, 0.1) is 24.1 Å². The van der Waals surface area contributed by atoms with E-state index in [2.05, 4.69) is 10.3 Å². The van der Waals surface area contributed by atoms with Crippen LogP contribution in [0.4, 0.5) is 0 Å². The van der Waals surface area contributed by atoms with Crippen molar-refractivity contribution in [3.8, 4) is 11.3 Å². The quantitative estimate of drug-likeness (QED) is 0.703.